The Morgan fingerprint density at radius 3 is 2.75 bits per heavy atom. The minimum Gasteiger partial charge on any atom is -0.306 e. The molecule has 0 N–H and O–H groups in total. The molecule has 24 heavy (non-hydrogen) atoms. The van der Waals surface area contributed by atoms with E-state index in [1.807, 2.05) is 18.4 Å². The number of aromatic nitrogens is 1. The summed E-state index contributed by atoms with van der Waals surface area (Å²) in [5, 5.41) is 2.00. The SMILES string of the molecule is Cc1ccncc1N1CCc2scc(-c3ccc(F)cc3)c2C1=O. The number of amides is 1. The van der Waals surface area contributed by atoms with E-state index in [1.165, 1.54) is 12.1 Å². The van der Waals surface area contributed by atoms with Crippen LogP contribution in [0.25, 0.3) is 11.1 Å². The predicted octanol–water partition coefficient (Wildman–Crippen LogP) is 4.46. The van der Waals surface area contributed by atoms with E-state index in [4.69, 9.17) is 0 Å². The third-order valence-electron chi connectivity index (χ3n) is 4.35. The number of aryl methyl sites for hydroxylation is 1. The summed E-state index contributed by atoms with van der Waals surface area (Å²) in [4.78, 5) is 20.2. The first-order valence-electron chi connectivity index (χ1n) is 7.74. The molecule has 1 amide bonds. The Balaban J connectivity index is 1.78. The highest BCUT2D eigenvalue weighted by Crippen LogP contribution is 2.37. The fraction of sp³-hybridized carbons (Fsp3) is 0.158. The minimum atomic E-state index is -0.276. The molecule has 0 radical (unpaired) electrons. The van der Waals surface area contributed by atoms with Crippen molar-refractivity contribution in [3.05, 3.63) is 69.9 Å². The lowest BCUT2D eigenvalue weighted by Crippen LogP contribution is -2.37. The van der Waals surface area contributed by atoms with Crippen molar-refractivity contribution in [2.75, 3.05) is 11.4 Å². The van der Waals surface area contributed by atoms with Crippen LogP contribution in [-0.2, 0) is 6.42 Å². The van der Waals surface area contributed by atoms with Crippen LogP contribution in [0.3, 0.4) is 0 Å². The molecule has 3 heterocycles. The molecule has 0 aliphatic carbocycles. The zero-order valence-corrected chi connectivity index (χ0v) is 13.9. The monoisotopic (exact) mass is 338 g/mol. The molecule has 4 rings (SSSR count). The number of fused-ring (bicyclic) bond motifs is 1. The van der Waals surface area contributed by atoms with Crippen LogP contribution >= 0.6 is 11.3 Å². The Kier molecular flexibility index (Phi) is 3.65. The number of pyridine rings is 1. The van der Waals surface area contributed by atoms with Gasteiger partial charge in [0.25, 0.3) is 5.91 Å². The van der Waals surface area contributed by atoms with Gasteiger partial charge in [-0.1, -0.05) is 12.1 Å². The van der Waals surface area contributed by atoms with Gasteiger partial charge in [-0.15, -0.1) is 11.3 Å². The van der Waals surface area contributed by atoms with E-state index in [0.717, 1.165) is 39.2 Å². The van der Waals surface area contributed by atoms with E-state index in [2.05, 4.69) is 4.98 Å². The normalized spacial score (nSPS) is 13.9. The second kappa shape index (κ2) is 5.83. The summed E-state index contributed by atoms with van der Waals surface area (Å²) in [5.74, 6) is -0.283. The molecule has 1 aliphatic heterocycles. The Labute approximate surface area is 143 Å². The molecule has 0 bridgehead atoms. The molecule has 0 unspecified atom stereocenters. The number of anilines is 1. The highest BCUT2D eigenvalue weighted by atomic mass is 32.1. The van der Waals surface area contributed by atoms with Crippen molar-refractivity contribution in [2.45, 2.75) is 13.3 Å². The first-order chi connectivity index (χ1) is 11.6. The van der Waals surface area contributed by atoms with E-state index in [0.29, 0.717) is 6.54 Å². The maximum Gasteiger partial charge on any atom is 0.260 e. The van der Waals surface area contributed by atoms with E-state index in [-0.39, 0.29) is 11.7 Å². The highest BCUT2D eigenvalue weighted by Gasteiger charge is 2.30. The smallest absolute Gasteiger partial charge is 0.260 e. The number of benzene rings is 1. The maximum absolute atomic E-state index is 13.2. The second-order valence-corrected chi connectivity index (χ2v) is 6.79. The van der Waals surface area contributed by atoms with Crippen LogP contribution in [0.1, 0.15) is 20.8 Å². The molecular formula is C19H15FN2OS. The van der Waals surface area contributed by atoms with E-state index >= 15 is 0 Å². The van der Waals surface area contributed by atoms with E-state index < -0.39 is 0 Å². The number of hydrogen-bond acceptors (Lipinski definition) is 3. The molecule has 0 saturated carbocycles. The molecule has 0 fully saturated rings. The van der Waals surface area contributed by atoms with Gasteiger partial charge in [0.05, 0.1) is 17.4 Å². The quantitative estimate of drug-likeness (QED) is 0.691. The molecule has 3 aromatic rings. The number of hydrogen-bond donors (Lipinski definition) is 0. The van der Waals surface area contributed by atoms with Gasteiger partial charge in [-0.3, -0.25) is 9.78 Å². The van der Waals surface area contributed by atoms with Gasteiger partial charge >= 0.3 is 0 Å². The molecule has 1 aliphatic rings. The second-order valence-electron chi connectivity index (χ2n) is 5.82. The third kappa shape index (κ3) is 2.41. The zero-order valence-electron chi connectivity index (χ0n) is 13.1. The van der Waals surface area contributed by atoms with E-state index in [1.54, 1.807) is 40.8 Å². The van der Waals surface area contributed by atoms with Crippen molar-refractivity contribution in [3.63, 3.8) is 0 Å². The van der Waals surface area contributed by atoms with Crippen molar-refractivity contribution >= 4 is 22.9 Å². The Bertz CT molecular complexity index is 917. The summed E-state index contributed by atoms with van der Waals surface area (Å²) >= 11 is 1.60. The lowest BCUT2D eigenvalue weighted by molar-refractivity contribution is 0.0982. The minimum absolute atomic E-state index is 0.00655. The van der Waals surface area contributed by atoms with Crippen LogP contribution in [0.5, 0.6) is 0 Å². The lowest BCUT2D eigenvalue weighted by atomic mass is 9.98. The predicted molar refractivity (Wildman–Crippen MR) is 94.1 cm³/mol. The first-order valence-corrected chi connectivity index (χ1v) is 8.62. The van der Waals surface area contributed by atoms with Crippen molar-refractivity contribution in [2.24, 2.45) is 0 Å². The number of halogens is 1. The molecule has 1 aromatic carbocycles. The highest BCUT2D eigenvalue weighted by molar-refractivity contribution is 7.10. The van der Waals surface area contributed by atoms with Crippen LogP contribution in [0.4, 0.5) is 10.1 Å². The van der Waals surface area contributed by atoms with Crippen LogP contribution in [0, 0.1) is 12.7 Å². The first kappa shape index (κ1) is 15.0. The van der Waals surface area contributed by atoms with Crippen LogP contribution in [-0.4, -0.2) is 17.4 Å². The van der Waals surface area contributed by atoms with Crippen molar-refractivity contribution < 1.29 is 9.18 Å². The lowest BCUT2D eigenvalue weighted by Gasteiger charge is -2.28. The van der Waals surface area contributed by atoms with Gasteiger partial charge in [0.1, 0.15) is 5.82 Å². The fourth-order valence-corrected chi connectivity index (χ4v) is 4.11. The van der Waals surface area contributed by atoms with Crippen molar-refractivity contribution in [3.8, 4) is 11.1 Å². The Morgan fingerprint density at radius 1 is 1.21 bits per heavy atom. The standard InChI is InChI=1S/C19H15FN2OS/c1-12-6-8-21-10-16(12)22-9-7-17-18(19(22)23)15(11-24-17)13-2-4-14(20)5-3-13/h2-6,8,10-11H,7,9H2,1H3. The van der Waals surface area contributed by atoms with Gasteiger partial charge in [-0.2, -0.15) is 0 Å². The largest absolute Gasteiger partial charge is 0.306 e. The third-order valence-corrected chi connectivity index (χ3v) is 5.39. The molecule has 0 atom stereocenters. The number of carbonyl (C=O) groups is 1. The molecule has 2 aromatic heterocycles. The summed E-state index contributed by atoms with van der Waals surface area (Å²) in [6.07, 6.45) is 4.29. The Hall–Kier alpha value is -2.53. The fourth-order valence-electron chi connectivity index (χ4n) is 3.08. The molecular weight excluding hydrogens is 323 g/mol. The summed E-state index contributed by atoms with van der Waals surface area (Å²) in [6, 6.07) is 8.20. The molecule has 3 nitrogen and oxygen atoms in total. The van der Waals surface area contributed by atoms with Crippen LogP contribution in [0.2, 0.25) is 0 Å². The maximum atomic E-state index is 13.2. The van der Waals surface area contributed by atoms with Gasteiger partial charge in [0.2, 0.25) is 0 Å². The van der Waals surface area contributed by atoms with Gasteiger partial charge in [0, 0.05) is 29.6 Å². The van der Waals surface area contributed by atoms with Gasteiger partial charge in [-0.25, -0.2) is 4.39 Å². The average molecular weight is 338 g/mol. The number of carbonyl (C=O) groups excluding carboxylic acids is 1. The number of thiophene rings is 1. The average Bonchev–Trinajstić information content (AvgIpc) is 3.02. The summed E-state index contributed by atoms with van der Waals surface area (Å²) in [7, 11) is 0. The van der Waals surface area contributed by atoms with Crippen molar-refractivity contribution in [1.29, 1.82) is 0 Å². The van der Waals surface area contributed by atoms with Gasteiger partial charge < -0.3 is 4.90 Å². The van der Waals surface area contributed by atoms with Crippen LogP contribution in [0.15, 0.2) is 48.1 Å². The molecule has 0 spiro atoms. The van der Waals surface area contributed by atoms with E-state index in [9.17, 15) is 9.18 Å². The summed E-state index contributed by atoms with van der Waals surface area (Å²) in [5.41, 5.74) is 4.36. The molecule has 5 heteroatoms. The topological polar surface area (TPSA) is 33.2 Å². The Morgan fingerprint density at radius 2 is 2.00 bits per heavy atom. The summed E-state index contributed by atoms with van der Waals surface area (Å²) in [6.45, 7) is 2.63. The zero-order chi connectivity index (χ0) is 16.7. The van der Waals surface area contributed by atoms with Crippen molar-refractivity contribution in [1.82, 2.24) is 4.98 Å². The van der Waals surface area contributed by atoms with Gasteiger partial charge in [0.15, 0.2) is 0 Å². The van der Waals surface area contributed by atoms with Gasteiger partial charge in [-0.05, 0) is 41.6 Å². The molecule has 120 valence electrons. The summed E-state index contributed by atoms with van der Waals surface area (Å²) < 4.78 is 13.2. The molecule has 0 saturated heterocycles. The number of nitrogens with zero attached hydrogens (tertiary/aromatic N) is 2. The number of rotatable bonds is 2. The van der Waals surface area contributed by atoms with Crippen LogP contribution < -0.4 is 4.90 Å².